The molecular formula is C22H29F. The zero-order valence-electron chi connectivity index (χ0n) is 15.4. The molecule has 0 N–H and O–H groups in total. The summed E-state index contributed by atoms with van der Waals surface area (Å²) in [7, 11) is 0. The molecule has 1 heteroatoms. The summed E-state index contributed by atoms with van der Waals surface area (Å²) in [5.41, 5.74) is 7.41. The number of benzene rings is 1. The predicted octanol–water partition coefficient (Wildman–Crippen LogP) is 6.83. The smallest absolute Gasteiger partial charge is 0.123 e. The highest BCUT2D eigenvalue weighted by atomic mass is 19.1. The Morgan fingerprint density at radius 1 is 1.26 bits per heavy atom. The molecule has 0 fully saturated rings. The van der Waals surface area contributed by atoms with Crippen LogP contribution in [0.2, 0.25) is 0 Å². The van der Waals surface area contributed by atoms with Crippen molar-refractivity contribution in [2.24, 2.45) is 0 Å². The Morgan fingerprint density at radius 3 is 2.48 bits per heavy atom. The van der Waals surface area contributed by atoms with Crippen LogP contribution in [-0.2, 0) is 11.8 Å². The number of fused-ring (bicyclic) bond motifs is 1. The fraction of sp³-hybridized carbons (Fsp3) is 0.455. The van der Waals surface area contributed by atoms with Gasteiger partial charge in [-0.3, -0.25) is 0 Å². The summed E-state index contributed by atoms with van der Waals surface area (Å²) in [5.74, 6) is -0.129. The topological polar surface area (TPSA) is 0 Å². The van der Waals surface area contributed by atoms with Crippen LogP contribution in [0.15, 0.2) is 41.8 Å². The molecule has 0 radical (unpaired) electrons. The summed E-state index contributed by atoms with van der Waals surface area (Å²) in [6.45, 7) is 16.6. The summed E-state index contributed by atoms with van der Waals surface area (Å²) in [4.78, 5) is 0. The number of hydrogen-bond donors (Lipinski definition) is 0. The van der Waals surface area contributed by atoms with Gasteiger partial charge in [-0.05, 0) is 67.0 Å². The molecule has 0 saturated carbocycles. The van der Waals surface area contributed by atoms with E-state index in [2.05, 4.69) is 46.4 Å². The van der Waals surface area contributed by atoms with E-state index in [1.165, 1.54) is 35.1 Å². The molecule has 0 nitrogen and oxygen atoms in total. The maximum absolute atomic E-state index is 14.6. The monoisotopic (exact) mass is 312 g/mol. The first kappa shape index (κ1) is 17.7. The lowest BCUT2D eigenvalue weighted by Crippen LogP contribution is -2.28. The van der Waals surface area contributed by atoms with Crippen LogP contribution in [0.1, 0.15) is 69.7 Å². The SMILES string of the molecule is C=C1C(C)=C(C(F)=CC)C(C)(C)c2cc(CCCC)cc(C)c21. The van der Waals surface area contributed by atoms with E-state index >= 15 is 0 Å². The van der Waals surface area contributed by atoms with Crippen molar-refractivity contribution in [1.29, 1.82) is 0 Å². The Morgan fingerprint density at radius 2 is 1.91 bits per heavy atom. The first-order valence-corrected chi connectivity index (χ1v) is 8.62. The van der Waals surface area contributed by atoms with Crippen molar-refractivity contribution in [1.82, 2.24) is 0 Å². The Bertz CT molecular complexity index is 699. The normalized spacial score (nSPS) is 17.5. The van der Waals surface area contributed by atoms with Gasteiger partial charge in [0.15, 0.2) is 0 Å². The van der Waals surface area contributed by atoms with Crippen molar-refractivity contribution in [3.05, 3.63) is 64.0 Å². The van der Waals surface area contributed by atoms with E-state index in [0.717, 1.165) is 23.1 Å². The summed E-state index contributed by atoms with van der Waals surface area (Å²) in [6.07, 6.45) is 5.01. The van der Waals surface area contributed by atoms with Crippen molar-refractivity contribution >= 4 is 5.57 Å². The fourth-order valence-electron chi connectivity index (χ4n) is 3.84. The molecule has 0 saturated heterocycles. The first-order chi connectivity index (χ1) is 10.8. The molecule has 1 aliphatic rings. The van der Waals surface area contributed by atoms with Crippen molar-refractivity contribution in [2.75, 3.05) is 0 Å². The largest absolute Gasteiger partial charge is 0.207 e. The molecule has 0 heterocycles. The molecule has 0 atom stereocenters. The van der Waals surface area contributed by atoms with Crippen molar-refractivity contribution in [2.45, 2.75) is 66.2 Å². The van der Waals surface area contributed by atoms with E-state index in [1.807, 2.05) is 6.92 Å². The summed E-state index contributed by atoms with van der Waals surface area (Å²) >= 11 is 0. The van der Waals surface area contributed by atoms with Gasteiger partial charge in [-0.1, -0.05) is 52.0 Å². The number of halogens is 1. The van der Waals surface area contributed by atoms with Gasteiger partial charge in [-0.15, -0.1) is 0 Å². The molecule has 0 unspecified atom stereocenters. The highest BCUT2D eigenvalue weighted by Crippen LogP contribution is 2.49. The van der Waals surface area contributed by atoms with Crippen LogP contribution in [-0.4, -0.2) is 0 Å². The number of allylic oxidation sites excluding steroid dienone is 5. The minimum atomic E-state index is -0.343. The second kappa shape index (κ2) is 6.47. The molecule has 1 aliphatic carbocycles. The highest BCUT2D eigenvalue weighted by molar-refractivity contribution is 5.86. The van der Waals surface area contributed by atoms with Crippen LogP contribution >= 0.6 is 0 Å². The second-order valence-corrected chi connectivity index (χ2v) is 7.18. The fourth-order valence-corrected chi connectivity index (χ4v) is 3.84. The van der Waals surface area contributed by atoms with Gasteiger partial charge in [0.1, 0.15) is 5.83 Å². The molecule has 0 aliphatic heterocycles. The number of aryl methyl sites for hydroxylation is 2. The van der Waals surface area contributed by atoms with Gasteiger partial charge < -0.3 is 0 Å². The summed E-state index contributed by atoms with van der Waals surface area (Å²) < 4.78 is 14.6. The average Bonchev–Trinajstić information content (AvgIpc) is 2.50. The van der Waals surface area contributed by atoms with Gasteiger partial charge in [0.25, 0.3) is 0 Å². The number of unbranched alkanes of at least 4 members (excludes halogenated alkanes) is 1. The lowest BCUT2D eigenvalue weighted by Gasteiger charge is -2.38. The maximum atomic E-state index is 14.6. The third-order valence-electron chi connectivity index (χ3n) is 5.13. The molecule has 0 spiro atoms. The van der Waals surface area contributed by atoms with Crippen LogP contribution in [0.5, 0.6) is 0 Å². The summed E-state index contributed by atoms with van der Waals surface area (Å²) in [6, 6.07) is 4.55. The van der Waals surface area contributed by atoms with E-state index in [-0.39, 0.29) is 11.2 Å². The van der Waals surface area contributed by atoms with Crippen LogP contribution < -0.4 is 0 Å². The van der Waals surface area contributed by atoms with Crippen molar-refractivity contribution in [3.8, 4) is 0 Å². The minimum Gasteiger partial charge on any atom is -0.207 e. The van der Waals surface area contributed by atoms with Gasteiger partial charge in [0.05, 0.1) is 0 Å². The van der Waals surface area contributed by atoms with Crippen LogP contribution in [0, 0.1) is 6.92 Å². The van der Waals surface area contributed by atoms with Gasteiger partial charge in [-0.25, -0.2) is 4.39 Å². The second-order valence-electron chi connectivity index (χ2n) is 7.18. The molecule has 0 aromatic heterocycles. The lowest BCUT2D eigenvalue weighted by atomic mass is 9.65. The summed E-state index contributed by atoms with van der Waals surface area (Å²) in [5, 5.41) is 0. The quantitative estimate of drug-likeness (QED) is 0.571. The first-order valence-electron chi connectivity index (χ1n) is 8.62. The molecule has 1 aromatic rings. The van der Waals surface area contributed by atoms with Crippen molar-refractivity contribution < 1.29 is 4.39 Å². The Kier molecular flexibility index (Phi) is 4.98. The predicted molar refractivity (Wildman–Crippen MR) is 99.4 cm³/mol. The molecule has 1 aromatic carbocycles. The van der Waals surface area contributed by atoms with E-state index < -0.39 is 0 Å². The van der Waals surface area contributed by atoms with Gasteiger partial charge in [0, 0.05) is 11.0 Å². The molecule has 23 heavy (non-hydrogen) atoms. The molecule has 0 amide bonds. The third-order valence-corrected chi connectivity index (χ3v) is 5.13. The van der Waals surface area contributed by atoms with Crippen molar-refractivity contribution in [3.63, 3.8) is 0 Å². The zero-order valence-corrected chi connectivity index (χ0v) is 15.4. The number of rotatable bonds is 4. The molecule has 0 bridgehead atoms. The molecule has 2 rings (SSSR count). The molecule has 124 valence electrons. The Hall–Kier alpha value is -1.63. The Balaban J connectivity index is 2.70. The van der Waals surface area contributed by atoms with Crippen LogP contribution in [0.25, 0.3) is 5.57 Å². The van der Waals surface area contributed by atoms with Crippen LogP contribution in [0.4, 0.5) is 4.39 Å². The van der Waals surface area contributed by atoms with E-state index in [1.54, 1.807) is 13.0 Å². The molecular weight excluding hydrogens is 283 g/mol. The third kappa shape index (κ3) is 2.94. The lowest BCUT2D eigenvalue weighted by molar-refractivity contribution is 0.545. The van der Waals surface area contributed by atoms with Gasteiger partial charge in [-0.2, -0.15) is 0 Å². The average molecular weight is 312 g/mol. The van der Waals surface area contributed by atoms with E-state index in [9.17, 15) is 4.39 Å². The van der Waals surface area contributed by atoms with Gasteiger partial charge >= 0.3 is 0 Å². The van der Waals surface area contributed by atoms with E-state index in [0.29, 0.717) is 0 Å². The standard InChI is InChI=1S/C22H29F/c1-8-10-11-17-12-14(3)20-15(4)16(5)21(19(23)9-2)22(6,7)18(20)13-17/h9,12-13H,4,8,10-11H2,1-3,5-7H3. The minimum absolute atomic E-state index is 0.129. The van der Waals surface area contributed by atoms with E-state index in [4.69, 9.17) is 0 Å². The zero-order chi connectivity index (χ0) is 17.4. The highest BCUT2D eigenvalue weighted by Gasteiger charge is 2.37. The Labute approximate surface area is 140 Å². The maximum Gasteiger partial charge on any atom is 0.123 e. The number of hydrogen-bond acceptors (Lipinski definition) is 0. The van der Waals surface area contributed by atoms with Crippen LogP contribution in [0.3, 0.4) is 0 Å². The van der Waals surface area contributed by atoms with Gasteiger partial charge in [0.2, 0.25) is 0 Å².